The van der Waals surface area contributed by atoms with Crippen molar-refractivity contribution in [3.63, 3.8) is 0 Å². The SMILES string of the molecule is COC(=O)N[C@H](C(=O)N1CCC[C@H]1c1nc2ccc([C@H]3CC[C@H](c4ccc5nc([C@@H]6CCCN6C(=O)[C@H](C(C)C)N(C)C(=O)O)[nH]c5c4)N3c3ccc(C(C)(C)CO)cc3)cc2[nH]1)C(C)C. The van der Waals surface area contributed by atoms with E-state index in [9.17, 15) is 29.4 Å². The number of fused-ring (bicyclic) bond motifs is 2. The van der Waals surface area contributed by atoms with E-state index >= 15 is 0 Å². The Morgan fingerprint density at radius 3 is 1.74 bits per heavy atom. The van der Waals surface area contributed by atoms with E-state index in [1.54, 1.807) is 4.90 Å². The lowest BCUT2D eigenvalue weighted by atomic mass is 9.85. The molecule has 5 heterocycles. The normalized spacial score (nSPS) is 21.0. The van der Waals surface area contributed by atoms with Crippen molar-refractivity contribution in [3.8, 4) is 0 Å². The average molecular weight is 904 g/mol. The molecular weight excluding hydrogens is 839 g/mol. The van der Waals surface area contributed by atoms with Crippen LogP contribution in [0.15, 0.2) is 60.7 Å². The standard InChI is InChI=1S/C50H65N9O7/c1-28(2)42(55-48(63)66-8)46(61)57-23-9-11-40(57)44-51-34-19-13-30(25-36(34)53-44)38-21-22-39(59(38)33-17-15-32(16-18-33)50(5,6)27-60)31-14-20-35-37(26-31)54-45(52-35)41-12-10-24-58(41)47(62)43(29(3)4)56(7)49(64)65/h13-20,25-26,28-29,38-43,60H,9-12,21-24,27H2,1-8H3,(H,51,53)(H,52,54)(H,55,63)(H,64,65)/t38-,39-,40+,41+,42+,43+/m1/s1. The summed E-state index contributed by atoms with van der Waals surface area (Å²) in [7, 11) is 2.75. The summed E-state index contributed by atoms with van der Waals surface area (Å²) >= 11 is 0. The molecule has 3 aliphatic heterocycles. The molecule has 3 aliphatic rings. The summed E-state index contributed by atoms with van der Waals surface area (Å²) in [6.45, 7) is 12.8. The molecule has 0 bridgehead atoms. The highest BCUT2D eigenvalue weighted by atomic mass is 16.5. The third-order valence-corrected chi connectivity index (χ3v) is 14.2. The van der Waals surface area contributed by atoms with Gasteiger partial charge in [-0.05, 0) is 103 Å². The maximum Gasteiger partial charge on any atom is 0.407 e. The van der Waals surface area contributed by atoms with Gasteiger partial charge in [-0.25, -0.2) is 19.6 Å². The highest BCUT2D eigenvalue weighted by molar-refractivity contribution is 5.87. The molecule has 5 aromatic rings. The first-order valence-corrected chi connectivity index (χ1v) is 23.4. The van der Waals surface area contributed by atoms with Crippen molar-refractivity contribution >= 4 is 51.8 Å². The molecule has 6 atom stereocenters. The molecule has 3 aromatic carbocycles. The van der Waals surface area contributed by atoms with Gasteiger partial charge in [0.05, 0.1) is 60.0 Å². The molecule has 0 saturated carbocycles. The Morgan fingerprint density at radius 1 is 0.773 bits per heavy atom. The first-order chi connectivity index (χ1) is 31.5. The van der Waals surface area contributed by atoms with Crippen LogP contribution in [0.25, 0.3) is 22.1 Å². The van der Waals surface area contributed by atoms with Gasteiger partial charge >= 0.3 is 12.2 Å². The minimum Gasteiger partial charge on any atom is -0.465 e. The lowest BCUT2D eigenvalue weighted by Crippen LogP contribution is -2.51. The number of amides is 4. The lowest BCUT2D eigenvalue weighted by molar-refractivity contribution is -0.138. The van der Waals surface area contributed by atoms with Crippen molar-refractivity contribution in [3.05, 3.63) is 89.0 Å². The number of nitrogens with zero attached hydrogens (tertiary/aromatic N) is 6. The highest BCUT2D eigenvalue weighted by Gasteiger charge is 2.41. The molecule has 4 amide bonds. The monoisotopic (exact) mass is 904 g/mol. The number of ether oxygens (including phenoxy) is 1. The van der Waals surface area contributed by atoms with Crippen LogP contribution in [0.2, 0.25) is 0 Å². The van der Waals surface area contributed by atoms with E-state index in [-0.39, 0.29) is 54.4 Å². The van der Waals surface area contributed by atoms with Crippen LogP contribution >= 0.6 is 0 Å². The molecule has 0 spiro atoms. The highest BCUT2D eigenvalue weighted by Crippen LogP contribution is 2.48. The Labute approximate surface area is 386 Å². The van der Waals surface area contributed by atoms with Gasteiger partial charge in [0.2, 0.25) is 11.8 Å². The number of carbonyl (C=O) groups excluding carboxylic acids is 3. The number of likely N-dealkylation sites (tertiary alicyclic amines) is 2. The molecule has 16 heteroatoms. The predicted molar refractivity (Wildman–Crippen MR) is 252 cm³/mol. The predicted octanol–water partition coefficient (Wildman–Crippen LogP) is 8.13. The molecule has 352 valence electrons. The number of aliphatic hydroxyl groups excluding tert-OH is 1. The number of nitrogens with one attached hydrogen (secondary N) is 3. The Bertz CT molecular complexity index is 2590. The first kappa shape index (κ1) is 46.4. The topological polar surface area (TPSA) is 200 Å². The Balaban J connectivity index is 1.10. The van der Waals surface area contributed by atoms with Gasteiger partial charge in [-0.2, -0.15) is 0 Å². The van der Waals surface area contributed by atoms with Crippen LogP contribution in [0.1, 0.15) is 133 Å². The zero-order chi connectivity index (χ0) is 47.2. The summed E-state index contributed by atoms with van der Waals surface area (Å²) in [6, 6.07) is 19.2. The number of rotatable bonds is 13. The molecule has 0 unspecified atom stereocenters. The van der Waals surface area contributed by atoms with Crippen molar-refractivity contribution in [2.45, 2.75) is 122 Å². The van der Waals surface area contributed by atoms with Gasteiger partial charge in [-0.3, -0.25) is 14.5 Å². The molecule has 66 heavy (non-hydrogen) atoms. The third-order valence-electron chi connectivity index (χ3n) is 14.2. The molecule has 8 rings (SSSR count). The second-order valence-corrected chi connectivity index (χ2v) is 19.7. The van der Waals surface area contributed by atoms with Crippen LogP contribution < -0.4 is 10.2 Å². The fourth-order valence-electron chi connectivity index (χ4n) is 10.5. The number of benzene rings is 3. The summed E-state index contributed by atoms with van der Waals surface area (Å²) in [5.74, 6) is 0.734. The molecule has 16 nitrogen and oxygen atoms in total. The zero-order valence-corrected chi connectivity index (χ0v) is 39.4. The van der Waals surface area contributed by atoms with E-state index in [2.05, 4.69) is 74.8 Å². The van der Waals surface area contributed by atoms with Crippen LogP contribution in [0.4, 0.5) is 15.3 Å². The van der Waals surface area contributed by atoms with E-state index in [1.165, 1.54) is 14.2 Å². The Hall–Kier alpha value is -6.16. The number of hydrogen-bond donors (Lipinski definition) is 5. The third kappa shape index (κ3) is 8.79. The molecule has 0 aliphatic carbocycles. The lowest BCUT2D eigenvalue weighted by Gasteiger charge is -2.34. The summed E-state index contributed by atoms with van der Waals surface area (Å²) in [6.07, 6.45) is 3.09. The molecule has 2 aromatic heterocycles. The van der Waals surface area contributed by atoms with Crippen LogP contribution in [0, 0.1) is 11.8 Å². The number of hydrogen-bond acceptors (Lipinski definition) is 9. The van der Waals surface area contributed by atoms with E-state index in [0.717, 1.165) is 93.7 Å². The molecule has 0 radical (unpaired) electrons. The summed E-state index contributed by atoms with van der Waals surface area (Å²) in [5.41, 5.74) is 7.34. The van der Waals surface area contributed by atoms with E-state index in [1.807, 2.05) is 52.5 Å². The van der Waals surface area contributed by atoms with Crippen molar-refractivity contribution in [1.82, 2.24) is 40.0 Å². The fourth-order valence-corrected chi connectivity index (χ4v) is 10.5. The van der Waals surface area contributed by atoms with Gasteiger partial charge in [0.1, 0.15) is 23.7 Å². The number of aromatic nitrogens is 4. The van der Waals surface area contributed by atoms with Crippen LogP contribution in [-0.4, -0.2) is 115 Å². The molecule has 5 N–H and O–H groups in total. The number of alkyl carbamates (subject to hydrolysis) is 1. The number of anilines is 1. The van der Waals surface area contributed by atoms with Crippen LogP contribution in [-0.2, 0) is 19.7 Å². The molecule has 3 fully saturated rings. The van der Waals surface area contributed by atoms with Gasteiger partial charge in [-0.1, -0.05) is 65.8 Å². The number of H-pyrrole nitrogens is 2. The second-order valence-electron chi connectivity index (χ2n) is 19.7. The number of imidazole rings is 2. The van der Waals surface area contributed by atoms with Crippen LogP contribution in [0.5, 0.6) is 0 Å². The van der Waals surface area contributed by atoms with E-state index in [0.29, 0.717) is 18.9 Å². The number of carboxylic acid groups (broad SMARTS) is 1. The van der Waals surface area contributed by atoms with Gasteiger partial charge in [0.25, 0.3) is 0 Å². The van der Waals surface area contributed by atoms with E-state index < -0.39 is 29.7 Å². The Morgan fingerprint density at radius 2 is 1.29 bits per heavy atom. The van der Waals surface area contributed by atoms with E-state index in [4.69, 9.17) is 14.7 Å². The summed E-state index contributed by atoms with van der Waals surface area (Å²) < 4.78 is 4.83. The smallest absolute Gasteiger partial charge is 0.407 e. The largest absolute Gasteiger partial charge is 0.465 e. The Kier molecular flexibility index (Phi) is 13.1. The minimum atomic E-state index is -1.13. The fraction of sp³-hybridized carbons (Fsp3) is 0.520. The number of aliphatic hydroxyl groups is 1. The maximum atomic E-state index is 13.9. The number of carbonyl (C=O) groups is 4. The van der Waals surface area contributed by atoms with Crippen molar-refractivity contribution in [2.75, 3.05) is 38.8 Å². The average Bonchev–Trinajstić information content (AvgIpc) is 4.16. The molecule has 3 saturated heterocycles. The number of aromatic amines is 2. The minimum absolute atomic E-state index is 0.00403. The van der Waals surface area contributed by atoms with Gasteiger partial charge in [0, 0.05) is 31.2 Å². The first-order valence-electron chi connectivity index (χ1n) is 23.4. The quantitative estimate of drug-likeness (QED) is 0.0769. The number of likely N-dealkylation sites (N-methyl/N-ethyl adjacent to an activating group) is 1. The van der Waals surface area contributed by atoms with Crippen molar-refractivity contribution in [1.29, 1.82) is 0 Å². The second kappa shape index (κ2) is 18.6. The maximum absolute atomic E-state index is 13.9. The number of methoxy groups -OCH3 is 1. The van der Waals surface area contributed by atoms with Gasteiger partial charge in [-0.15, -0.1) is 0 Å². The van der Waals surface area contributed by atoms with Crippen molar-refractivity contribution < 1.29 is 34.1 Å². The van der Waals surface area contributed by atoms with Crippen LogP contribution in [0.3, 0.4) is 0 Å². The summed E-state index contributed by atoms with van der Waals surface area (Å²) in [4.78, 5) is 76.3. The van der Waals surface area contributed by atoms with Gasteiger partial charge < -0.3 is 44.9 Å². The molecular formula is C50H65N9O7. The zero-order valence-electron chi connectivity index (χ0n) is 39.4. The van der Waals surface area contributed by atoms with Gasteiger partial charge in [0.15, 0.2) is 0 Å². The van der Waals surface area contributed by atoms with Crippen molar-refractivity contribution in [2.24, 2.45) is 11.8 Å². The summed E-state index contributed by atoms with van der Waals surface area (Å²) in [5, 5.41) is 22.7.